The number of carbonyl (C=O) groups excluding carboxylic acids is 1. The molecule has 1 fully saturated rings. The van der Waals surface area contributed by atoms with Gasteiger partial charge in [-0.2, -0.15) is 4.98 Å². The van der Waals surface area contributed by atoms with Crippen LogP contribution in [-0.4, -0.2) is 49.4 Å². The van der Waals surface area contributed by atoms with Gasteiger partial charge in [0.2, 0.25) is 17.6 Å². The zero-order valence-corrected chi connectivity index (χ0v) is 19.1. The number of rotatable bonds is 9. The van der Waals surface area contributed by atoms with E-state index in [1.807, 2.05) is 36.4 Å². The molecule has 0 bridgehead atoms. The summed E-state index contributed by atoms with van der Waals surface area (Å²) in [7, 11) is 3.30. The maximum Gasteiger partial charge on any atom is 0.226 e. The molecule has 8 nitrogen and oxygen atoms in total. The lowest BCUT2D eigenvalue weighted by Gasteiger charge is -2.34. The van der Waals surface area contributed by atoms with Gasteiger partial charge in [-0.3, -0.25) is 4.79 Å². The predicted molar refractivity (Wildman–Crippen MR) is 126 cm³/mol. The molecule has 0 atom stereocenters. The fraction of sp³-hybridized carbons (Fsp3) is 0.400. The third-order valence-corrected chi connectivity index (χ3v) is 5.91. The summed E-state index contributed by atoms with van der Waals surface area (Å²) in [6, 6.07) is 15.8. The number of carbonyl (C=O) groups is 1. The molecule has 4 rings (SSSR count). The minimum Gasteiger partial charge on any atom is -0.497 e. The van der Waals surface area contributed by atoms with Crippen LogP contribution in [0.4, 0.5) is 5.69 Å². The molecule has 1 N–H and O–H groups in total. The summed E-state index contributed by atoms with van der Waals surface area (Å²) >= 11 is 0. The molecular formula is C25H30N4O4. The van der Waals surface area contributed by atoms with E-state index in [2.05, 4.69) is 32.5 Å². The molecule has 0 radical (unpaired) electrons. The quantitative estimate of drug-likeness (QED) is 0.529. The average molecular weight is 451 g/mol. The monoisotopic (exact) mass is 450 g/mol. The van der Waals surface area contributed by atoms with E-state index in [1.54, 1.807) is 14.2 Å². The molecule has 2 heterocycles. The number of nitrogens with zero attached hydrogens (tertiary/aromatic N) is 3. The molecule has 174 valence electrons. The van der Waals surface area contributed by atoms with Crippen molar-refractivity contribution in [2.75, 3.05) is 32.2 Å². The molecule has 1 aliphatic rings. The van der Waals surface area contributed by atoms with E-state index in [0.717, 1.165) is 43.0 Å². The minimum atomic E-state index is 0.0767. The molecule has 0 spiro atoms. The summed E-state index contributed by atoms with van der Waals surface area (Å²) in [5.74, 6) is 2.80. The molecule has 1 amide bonds. The molecule has 0 saturated carbocycles. The number of ether oxygens (including phenoxy) is 2. The summed E-state index contributed by atoms with van der Waals surface area (Å²) in [5.41, 5.74) is 2.05. The molecule has 2 aromatic carbocycles. The van der Waals surface area contributed by atoms with Crippen molar-refractivity contribution in [1.29, 1.82) is 0 Å². The zero-order valence-electron chi connectivity index (χ0n) is 19.1. The molecule has 0 unspecified atom stereocenters. The molecule has 0 aliphatic carbocycles. The van der Waals surface area contributed by atoms with Gasteiger partial charge in [0.1, 0.15) is 11.5 Å². The van der Waals surface area contributed by atoms with E-state index in [4.69, 9.17) is 14.0 Å². The van der Waals surface area contributed by atoms with Crippen LogP contribution < -0.4 is 19.7 Å². The summed E-state index contributed by atoms with van der Waals surface area (Å²) < 4.78 is 15.7. The van der Waals surface area contributed by atoms with Gasteiger partial charge in [0.25, 0.3) is 0 Å². The van der Waals surface area contributed by atoms with Crippen LogP contribution in [0.5, 0.6) is 11.5 Å². The lowest BCUT2D eigenvalue weighted by atomic mass is 10.0. The van der Waals surface area contributed by atoms with Crippen LogP contribution in [-0.2, 0) is 11.2 Å². The molecule has 3 aromatic rings. The van der Waals surface area contributed by atoms with Gasteiger partial charge in [-0.25, -0.2) is 0 Å². The number of piperidine rings is 1. The van der Waals surface area contributed by atoms with Gasteiger partial charge in [-0.05, 0) is 67.8 Å². The zero-order chi connectivity index (χ0) is 23.0. The van der Waals surface area contributed by atoms with Gasteiger partial charge in [0.15, 0.2) is 0 Å². The number of benzene rings is 2. The largest absolute Gasteiger partial charge is 0.497 e. The molecule has 1 saturated heterocycles. The van der Waals surface area contributed by atoms with Crippen molar-refractivity contribution in [2.24, 2.45) is 0 Å². The normalized spacial score (nSPS) is 14.2. The summed E-state index contributed by atoms with van der Waals surface area (Å²) in [6.45, 7) is 1.85. The molecule has 8 heteroatoms. The van der Waals surface area contributed by atoms with Gasteiger partial charge < -0.3 is 24.2 Å². The van der Waals surface area contributed by atoms with Crippen molar-refractivity contribution in [1.82, 2.24) is 15.5 Å². The first-order valence-electron chi connectivity index (χ1n) is 11.3. The topological polar surface area (TPSA) is 89.7 Å². The lowest BCUT2D eigenvalue weighted by molar-refractivity contribution is -0.122. The fourth-order valence-electron chi connectivity index (χ4n) is 3.99. The maximum atomic E-state index is 12.4. The van der Waals surface area contributed by atoms with Crippen LogP contribution in [0.3, 0.4) is 0 Å². The maximum absolute atomic E-state index is 12.4. The van der Waals surface area contributed by atoms with E-state index >= 15 is 0 Å². The Kier molecular flexibility index (Phi) is 7.44. The molecular weight excluding hydrogens is 420 g/mol. The molecule has 1 aromatic heterocycles. The number of hydrogen-bond donors (Lipinski definition) is 1. The van der Waals surface area contributed by atoms with Crippen molar-refractivity contribution in [3.05, 3.63) is 54.4 Å². The number of nitrogens with one attached hydrogen (secondary N) is 1. The Hall–Kier alpha value is -3.55. The Morgan fingerprint density at radius 2 is 1.67 bits per heavy atom. The van der Waals surface area contributed by atoms with Crippen molar-refractivity contribution in [2.45, 2.75) is 38.1 Å². The Morgan fingerprint density at radius 1 is 1.03 bits per heavy atom. The van der Waals surface area contributed by atoms with E-state index in [-0.39, 0.29) is 11.9 Å². The molecule has 1 aliphatic heterocycles. The van der Waals surface area contributed by atoms with Crippen LogP contribution >= 0.6 is 0 Å². The minimum absolute atomic E-state index is 0.0767. The van der Waals surface area contributed by atoms with Gasteiger partial charge in [0, 0.05) is 43.2 Å². The highest BCUT2D eigenvalue weighted by atomic mass is 16.5. The standard InChI is InChI=1S/C25H30N4O4/c1-31-21-10-6-18(7-11-21)25-27-24(33-28-25)5-3-4-23(30)26-19-14-16-29(17-15-19)20-8-12-22(32-2)13-9-20/h6-13,19H,3-5,14-17H2,1-2H3,(H,26,30). The highest BCUT2D eigenvalue weighted by molar-refractivity contribution is 5.76. The van der Waals surface area contributed by atoms with Crippen LogP contribution in [0.2, 0.25) is 0 Å². The number of amides is 1. The van der Waals surface area contributed by atoms with Crippen molar-refractivity contribution >= 4 is 11.6 Å². The Balaban J connectivity index is 1.17. The summed E-state index contributed by atoms with van der Waals surface area (Å²) in [5, 5.41) is 7.21. The van der Waals surface area contributed by atoms with Gasteiger partial charge in [-0.15, -0.1) is 0 Å². The van der Waals surface area contributed by atoms with Crippen LogP contribution in [0.1, 0.15) is 31.6 Å². The number of aryl methyl sites for hydroxylation is 1. The lowest BCUT2D eigenvalue weighted by Crippen LogP contribution is -2.44. The predicted octanol–water partition coefficient (Wildman–Crippen LogP) is 3.86. The van der Waals surface area contributed by atoms with Gasteiger partial charge in [0.05, 0.1) is 14.2 Å². The third kappa shape index (κ3) is 6.03. The van der Waals surface area contributed by atoms with Crippen LogP contribution in [0.25, 0.3) is 11.4 Å². The second kappa shape index (κ2) is 10.8. The Bertz CT molecular complexity index is 1030. The number of aromatic nitrogens is 2. The first kappa shape index (κ1) is 22.6. The van der Waals surface area contributed by atoms with Crippen molar-refractivity contribution in [3.8, 4) is 22.9 Å². The summed E-state index contributed by atoms with van der Waals surface area (Å²) in [6.07, 6.45) is 3.56. The van der Waals surface area contributed by atoms with Crippen molar-refractivity contribution < 1.29 is 18.8 Å². The second-order valence-electron chi connectivity index (χ2n) is 8.12. The van der Waals surface area contributed by atoms with E-state index in [0.29, 0.717) is 31.0 Å². The van der Waals surface area contributed by atoms with Crippen LogP contribution in [0, 0.1) is 0 Å². The third-order valence-electron chi connectivity index (χ3n) is 5.91. The van der Waals surface area contributed by atoms with Gasteiger partial charge >= 0.3 is 0 Å². The Morgan fingerprint density at radius 3 is 2.30 bits per heavy atom. The average Bonchev–Trinajstić information content (AvgIpc) is 3.33. The van der Waals surface area contributed by atoms with Gasteiger partial charge in [-0.1, -0.05) is 5.16 Å². The number of methoxy groups -OCH3 is 2. The highest BCUT2D eigenvalue weighted by Gasteiger charge is 2.21. The van der Waals surface area contributed by atoms with Crippen LogP contribution in [0.15, 0.2) is 53.1 Å². The summed E-state index contributed by atoms with van der Waals surface area (Å²) in [4.78, 5) is 19.2. The highest BCUT2D eigenvalue weighted by Crippen LogP contribution is 2.23. The SMILES string of the molecule is COc1ccc(-c2noc(CCCC(=O)NC3CCN(c4ccc(OC)cc4)CC3)n2)cc1. The fourth-order valence-corrected chi connectivity index (χ4v) is 3.99. The Labute approximate surface area is 193 Å². The molecule has 33 heavy (non-hydrogen) atoms. The number of hydrogen-bond acceptors (Lipinski definition) is 7. The second-order valence-corrected chi connectivity index (χ2v) is 8.12. The van der Waals surface area contributed by atoms with E-state index in [9.17, 15) is 4.79 Å². The first-order valence-corrected chi connectivity index (χ1v) is 11.3. The smallest absolute Gasteiger partial charge is 0.226 e. The van der Waals surface area contributed by atoms with E-state index < -0.39 is 0 Å². The first-order chi connectivity index (χ1) is 16.1. The van der Waals surface area contributed by atoms with Crippen molar-refractivity contribution in [3.63, 3.8) is 0 Å². The van der Waals surface area contributed by atoms with E-state index in [1.165, 1.54) is 5.69 Å². The number of anilines is 1.